The van der Waals surface area contributed by atoms with Crippen molar-refractivity contribution in [3.63, 3.8) is 0 Å². The van der Waals surface area contributed by atoms with Crippen LogP contribution in [0.3, 0.4) is 0 Å². The molecule has 1 N–H and O–H groups in total. The van der Waals surface area contributed by atoms with E-state index in [0.717, 1.165) is 22.7 Å². The first kappa shape index (κ1) is 20.5. The van der Waals surface area contributed by atoms with Crippen LogP contribution in [0.4, 0.5) is 18.3 Å². The number of para-hydroxylation sites is 1. The number of nitrogens with one attached hydrogen (secondary N) is 1. The van der Waals surface area contributed by atoms with Crippen LogP contribution in [-0.2, 0) is 18.0 Å². The average molecular weight is 453 g/mol. The summed E-state index contributed by atoms with van der Waals surface area (Å²) in [5.74, 6) is -0.506. The van der Waals surface area contributed by atoms with Crippen molar-refractivity contribution in [3.05, 3.63) is 29.3 Å². The summed E-state index contributed by atoms with van der Waals surface area (Å²) in [5.41, 5.74) is 2.24. The highest BCUT2D eigenvalue weighted by molar-refractivity contribution is 8.00. The van der Waals surface area contributed by atoms with E-state index in [-0.39, 0.29) is 16.5 Å². The van der Waals surface area contributed by atoms with Crippen molar-refractivity contribution >= 4 is 56.2 Å². The summed E-state index contributed by atoms with van der Waals surface area (Å²) in [6, 6.07) is 7.70. The number of nitrogens with zero attached hydrogens (tertiary/aromatic N) is 6. The van der Waals surface area contributed by atoms with Crippen molar-refractivity contribution in [2.24, 2.45) is 7.05 Å². The predicted molar refractivity (Wildman–Crippen MR) is 107 cm³/mol. The molecule has 13 heteroatoms. The quantitative estimate of drug-likeness (QED) is 0.458. The van der Waals surface area contributed by atoms with Gasteiger partial charge in [0, 0.05) is 12.4 Å². The molecule has 0 saturated heterocycles. The Labute approximate surface area is 175 Å². The van der Waals surface area contributed by atoms with Gasteiger partial charge in [0.1, 0.15) is 5.52 Å². The molecule has 0 fully saturated rings. The fourth-order valence-corrected chi connectivity index (χ4v) is 4.29. The van der Waals surface area contributed by atoms with Gasteiger partial charge in [0.15, 0.2) is 5.65 Å². The molecule has 3 aromatic heterocycles. The summed E-state index contributed by atoms with van der Waals surface area (Å²) in [4.78, 5) is 17.0. The first-order valence-corrected chi connectivity index (χ1v) is 10.4. The highest BCUT2D eigenvalue weighted by atomic mass is 32.2. The van der Waals surface area contributed by atoms with Crippen LogP contribution in [0.2, 0.25) is 0 Å². The number of hydrogen-bond acceptors (Lipinski definition) is 8. The summed E-state index contributed by atoms with van der Waals surface area (Å²) >= 11 is 1.36. The maximum atomic E-state index is 12.7. The lowest BCUT2D eigenvalue weighted by Gasteiger charge is -2.11. The fourth-order valence-electron chi connectivity index (χ4n) is 2.87. The largest absolute Gasteiger partial charge is 0.445 e. The maximum absolute atomic E-state index is 12.7. The molecule has 0 aliphatic rings. The van der Waals surface area contributed by atoms with E-state index in [9.17, 15) is 18.0 Å². The lowest BCUT2D eigenvalue weighted by atomic mass is 10.2. The number of carbonyl (C=O) groups is 1. The van der Waals surface area contributed by atoms with Crippen LogP contribution in [0.25, 0.3) is 22.1 Å². The second-order valence-electron chi connectivity index (χ2n) is 6.26. The molecule has 1 atom stereocenters. The molecule has 4 aromatic rings. The zero-order valence-electron chi connectivity index (χ0n) is 15.6. The lowest BCUT2D eigenvalue weighted by molar-refractivity contribution is -0.138. The van der Waals surface area contributed by atoms with Gasteiger partial charge >= 0.3 is 6.18 Å². The van der Waals surface area contributed by atoms with E-state index in [1.807, 2.05) is 35.9 Å². The topological polar surface area (TPSA) is 98.5 Å². The van der Waals surface area contributed by atoms with Gasteiger partial charge in [-0.2, -0.15) is 13.2 Å². The Hall–Kier alpha value is -2.80. The zero-order chi connectivity index (χ0) is 21.5. The molecule has 3 heterocycles. The first-order valence-electron chi connectivity index (χ1n) is 8.74. The fraction of sp³-hybridized carbons (Fsp3) is 0.294. The molecule has 0 unspecified atom stereocenters. The zero-order valence-corrected chi connectivity index (χ0v) is 17.3. The average Bonchev–Trinajstić information content (AvgIpc) is 3.30. The van der Waals surface area contributed by atoms with Gasteiger partial charge in [0.2, 0.25) is 21.2 Å². The van der Waals surface area contributed by atoms with Crippen molar-refractivity contribution < 1.29 is 18.0 Å². The number of rotatable bonds is 5. The monoisotopic (exact) mass is 453 g/mol. The van der Waals surface area contributed by atoms with Crippen LogP contribution < -0.4 is 5.32 Å². The maximum Gasteiger partial charge on any atom is 0.445 e. The Morgan fingerprint density at radius 1 is 1.23 bits per heavy atom. The third kappa shape index (κ3) is 3.81. The van der Waals surface area contributed by atoms with E-state index in [0.29, 0.717) is 22.7 Å². The highest BCUT2D eigenvalue weighted by Gasteiger charge is 2.36. The number of alkyl halides is 3. The minimum Gasteiger partial charge on any atom is -0.327 e. The summed E-state index contributed by atoms with van der Waals surface area (Å²) in [5, 5.41) is 16.4. The van der Waals surface area contributed by atoms with E-state index in [1.165, 1.54) is 0 Å². The number of amides is 1. The summed E-state index contributed by atoms with van der Waals surface area (Å²) in [6.45, 7) is 1.78. The van der Waals surface area contributed by atoms with Crippen molar-refractivity contribution in [2.75, 3.05) is 5.32 Å². The molecule has 0 saturated carbocycles. The number of hydrogen-bond donors (Lipinski definition) is 1. The molecular formula is C17H14F3N7OS2. The molecule has 30 heavy (non-hydrogen) atoms. The molecule has 0 aliphatic carbocycles. The van der Waals surface area contributed by atoms with Crippen LogP contribution in [0.1, 0.15) is 18.4 Å². The Kier molecular flexibility index (Phi) is 5.32. The van der Waals surface area contributed by atoms with E-state index in [4.69, 9.17) is 0 Å². The number of anilines is 1. The van der Waals surface area contributed by atoms with Gasteiger partial charge in [0.25, 0.3) is 0 Å². The van der Waals surface area contributed by atoms with Crippen molar-refractivity contribution in [1.82, 2.24) is 29.9 Å². The number of benzene rings is 1. The van der Waals surface area contributed by atoms with Gasteiger partial charge in [-0.1, -0.05) is 48.2 Å². The van der Waals surface area contributed by atoms with E-state index < -0.39 is 22.3 Å². The van der Waals surface area contributed by atoms with Crippen molar-refractivity contribution in [2.45, 2.75) is 29.9 Å². The van der Waals surface area contributed by atoms with Gasteiger partial charge in [-0.15, -0.1) is 20.4 Å². The van der Waals surface area contributed by atoms with Gasteiger partial charge in [-0.3, -0.25) is 10.1 Å². The first-order chi connectivity index (χ1) is 14.3. The molecule has 8 nitrogen and oxygen atoms in total. The van der Waals surface area contributed by atoms with Crippen LogP contribution >= 0.6 is 23.1 Å². The second-order valence-corrected chi connectivity index (χ2v) is 8.40. The molecule has 0 aliphatic heterocycles. The van der Waals surface area contributed by atoms with Crippen LogP contribution in [0, 0.1) is 0 Å². The Morgan fingerprint density at radius 3 is 2.70 bits per heavy atom. The number of fused-ring (bicyclic) bond motifs is 3. The van der Waals surface area contributed by atoms with Gasteiger partial charge in [-0.05, 0) is 12.5 Å². The molecule has 0 spiro atoms. The smallest absolute Gasteiger partial charge is 0.327 e. The van der Waals surface area contributed by atoms with Crippen LogP contribution in [0.5, 0.6) is 0 Å². The van der Waals surface area contributed by atoms with Crippen LogP contribution in [0.15, 0.2) is 29.4 Å². The third-order valence-electron chi connectivity index (χ3n) is 4.30. The second kappa shape index (κ2) is 7.80. The Morgan fingerprint density at radius 2 is 2.00 bits per heavy atom. The van der Waals surface area contributed by atoms with E-state index in [2.05, 4.69) is 30.7 Å². The molecule has 4 rings (SSSR count). The van der Waals surface area contributed by atoms with Gasteiger partial charge in [-0.25, -0.2) is 4.98 Å². The normalized spacial score (nSPS) is 13.1. The highest BCUT2D eigenvalue weighted by Crippen LogP contribution is 2.33. The van der Waals surface area contributed by atoms with Gasteiger partial charge < -0.3 is 4.57 Å². The summed E-state index contributed by atoms with van der Waals surface area (Å²) < 4.78 is 39.9. The van der Waals surface area contributed by atoms with Gasteiger partial charge in [0.05, 0.1) is 10.8 Å². The van der Waals surface area contributed by atoms with Crippen molar-refractivity contribution in [3.8, 4) is 0 Å². The number of carbonyl (C=O) groups excluding carboxylic acids is 1. The predicted octanol–water partition coefficient (Wildman–Crippen LogP) is 3.90. The molecule has 1 amide bonds. The number of halogens is 3. The molecular weight excluding hydrogens is 439 g/mol. The Balaban J connectivity index is 1.55. The molecule has 1 aromatic carbocycles. The molecule has 156 valence electrons. The number of thioether (sulfide) groups is 1. The number of aryl methyl sites for hydroxylation is 1. The molecule has 0 bridgehead atoms. The lowest BCUT2D eigenvalue weighted by Crippen LogP contribution is -2.24. The number of aromatic nitrogens is 6. The standard InChI is InChI=1S/C17H14F3N7OS2/c1-3-10(13(28)22-16-26-24-14(30-16)17(18,19)20)29-15-21-12-11(23-25-15)8-6-4-5-7-9(8)27(12)2/h4-7,10H,3H2,1-2H3,(H,22,26,28)/t10-/m0/s1. The minimum atomic E-state index is -4.60. The van der Waals surface area contributed by atoms with Crippen LogP contribution in [-0.4, -0.2) is 41.1 Å². The minimum absolute atomic E-state index is 0.213. The summed E-state index contributed by atoms with van der Waals surface area (Å²) in [6.07, 6.45) is -4.20. The van der Waals surface area contributed by atoms with Crippen molar-refractivity contribution in [1.29, 1.82) is 0 Å². The Bertz CT molecular complexity index is 1240. The SMILES string of the molecule is CC[C@H](Sc1nnc2c3ccccc3n(C)c2n1)C(=O)Nc1nnc(C(F)(F)F)s1. The molecule has 0 radical (unpaired) electrons. The third-order valence-corrected chi connectivity index (χ3v) is 6.39. The summed E-state index contributed by atoms with van der Waals surface area (Å²) in [7, 11) is 1.87. The van der Waals surface area contributed by atoms with E-state index >= 15 is 0 Å². The van der Waals surface area contributed by atoms with E-state index in [1.54, 1.807) is 6.92 Å².